The molecule has 156 valence electrons. The van der Waals surface area contributed by atoms with Crippen molar-refractivity contribution in [3.8, 4) is 5.75 Å². The molecule has 0 aliphatic carbocycles. The predicted molar refractivity (Wildman–Crippen MR) is 120 cm³/mol. The summed E-state index contributed by atoms with van der Waals surface area (Å²) in [6.45, 7) is 0. The highest BCUT2D eigenvalue weighted by atomic mass is 35.5. The molecule has 0 bridgehead atoms. The lowest BCUT2D eigenvalue weighted by atomic mass is 9.96. The van der Waals surface area contributed by atoms with E-state index in [1.807, 2.05) is 35.3 Å². The Morgan fingerprint density at radius 3 is 2.55 bits per heavy atom. The number of nitro groups is 1. The van der Waals surface area contributed by atoms with Crippen LogP contribution in [0.15, 0.2) is 65.8 Å². The molecule has 6 nitrogen and oxygen atoms in total. The second kappa shape index (κ2) is 7.71. The molecule has 9 heteroatoms. The summed E-state index contributed by atoms with van der Waals surface area (Å²) in [6, 6.07) is 17.0. The molecule has 0 spiro atoms. The highest BCUT2D eigenvalue weighted by molar-refractivity contribution is 6.35. The van der Waals surface area contributed by atoms with Crippen molar-refractivity contribution in [2.45, 2.75) is 18.7 Å². The molecule has 2 aliphatic rings. The largest absolute Gasteiger partial charge is 0.463 e. The van der Waals surface area contributed by atoms with Crippen molar-refractivity contribution >= 4 is 46.2 Å². The van der Waals surface area contributed by atoms with Gasteiger partial charge in [0.2, 0.25) is 6.23 Å². The van der Waals surface area contributed by atoms with Crippen LogP contribution < -0.4 is 4.74 Å². The van der Waals surface area contributed by atoms with Gasteiger partial charge < -0.3 is 4.74 Å². The molecule has 0 fully saturated rings. The third kappa shape index (κ3) is 3.61. The number of ether oxygens (including phenoxy) is 1. The highest BCUT2D eigenvalue weighted by Crippen LogP contribution is 2.51. The molecule has 3 aromatic carbocycles. The van der Waals surface area contributed by atoms with Crippen LogP contribution in [0, 0.1) is 10.1 Å². The van der Waals surface area contributed by atoms with Crippen LogP contribution in [-0.4, -0.2) is 15.6 Å². The van der Waals surface area contributed by atoms with E-state index in [0.717, 1.165) is 16.8 Å². The third-order valence-electron chi connectivity index (χ3n) is 5.35. The number of nitro benzene ring substituents is 1. The number of rotatable bonds is 3. The van der Waals surface area contributed by atoms with Gasteiger partial charge in [-0.05, 0) is 29.8 Å². The summed E-state index contributed by atoms with van der Waals surface area (Å²) in [5, 5.41) is 19.5. The molecule has 0 N–H and O–H groups in total. The summed E-state index contributed by atoms with van der Waals surface area (Å²) in [5.41, 5.74) is 3.20. The average molecular weight is 475 g/mol. The van der Waals surface area contributed by atoms with E-state index in [4.69, 9.17) is 44.6 Å². The van der Waals surface area contributed by atoms with Crippen molar-refractivity contribution in [2.75, 3.05) is 0 Å². The Morgan fingerprint density at radius 1 is 1.03 bits per heavy atom. The quantitative estimate of drug-likeness (QED) is 0.309. The lowest BCUT2D eigenvalue weighted by Crippen LogP contribution is -2.33. The molecule has 0 aromatic heterocycles. The number of nitrogens with zero attached hydrogens (tertiary/aromatic N) is 3. The molecule has 3 aromatic rings. The molecule has 5 rings (SSSR count). The van der Waals surface area contributed by atoms with Gasteiger partial charge in [-0.15, -0.1) is 0 Å². The van der Waals surface area contributed by atoms with Crippen LogP contribution in [-0.2, 0) is 0 Å². The molecule has 2 aliphatic heterocycles. The van der Waals surface area contributed by atoms with Gasteiger partial charge in [0.25, 0.3) is 5.69 Å². The van der Waals surface area contributed by atoms with Gasteiger partial charge in [0, 0.05) is 39.7 Å². The minimum atomic E-state index is -0.680. The number of hydrazone groups is 1. The summed E-state index contributed by atoms with van der Waals surface area (Å²) in [5.74, 6) is 0.511. The van der Waals surface area contributed by atoms with Crippen molar-refractivity contribution in [1.82, 2.24) is 5.01 Å². The number of benzene rings is 3. The van der Waals surface area contributed by atoms with Gasteiger partial charge in [-0.25, -0.2) is 5.01 Å². The van der Waals surface area contributed by atoms with Crippen LogP contribution in [0.1, 0.15) is 35.4 Å². The first kappa shape index (κ1) is 20.1. The fraction of sp³-hybridized carbons (Fsp3) is 0.136. The normalized spacial score (nSPS) is 19.3. The first-order valence-electron chi connectivity index (χ1n) is 9.42. The molecule has 0 amide bonds. The Balaban J connectivity index is 1.63. The zero-order chi connectivity index (χ0) is 21.7. The Kier molecular flexibility index (Phi) is 5.01. The zero-order valence-corrected chi connectivity index (χ0v) is 18.1. The maximum Gasteiger partial charge on any atom is 0.269 e. The molecular formula is C22H14Cl3N3O3. The third-order valence-corrected chi connectivity index (χ3v) is 6.10. The summed E-state index contributed by atoms with van der Waals surface area (Å²) in [6.07, 6.45) is -0.0824. The smallest absolute Gasteiger partial charge is 0.269 e. The maximum atomic E-state index is 11.3. The SMILES string of the molecule is O=[N+]([O-])c1cccc([C@@H]2Oc3c(Cl)cc(Cl)cc3[C@@H]3CC(c4ccc(Cl)cc4)=NN32)c1. The second-order valence-corrected chi connectivity index (χ2v) is 8.56. The van der Waals surface area contributed by atoms with E-state index in [1.165, 1.54) is 12.1 Å². The molecule has 2 heterocycles. The van der Waals surface area contributed by atoms with Gasteiger partial charge in [0.1, 0.15) is 5.75 Å². The molecule has 2 atom stereocenters. The van der Waals surface area contributed by atoms with Crippen LogP contribution in [0.25, 0.3) is 0 Å². The predicted octanol–water partition coefficient (Wildman–Crippen LogP) is 6.80. The topological polar surface area (TPSA) is 68.0 Å². The summed E-state index contributed by atoms with van der Waals surface area (Å²) >= 11 is 18.8. The molecule has 31 heavy (non-hydrogen) atoms. The standard InChI is InChI=1S/C22H14Cl3N3O3/c23-14-6-4-12(5-7-14)19-11-20-17-9-15(24)10-18(25)21(17)31-22(27(20)26-19)13-2-1-3-16(8-13)28(29)30/h1-10,20,22H,11H2/t20-,22-/m0/s1. The number of fused-ring (bicyclic) bond motifs is 3. The first-order chi connectivity index (χ1) is 14.9. The van der Waals surface area contributed by atoms with E-state index in [2.05, 4.69) is 0 Å². The zero-order valence-electron chi connectivity index (χ0n) is 15.8. The lowest BCUT2D eigenvalue weighted by Gasteiger charge is -2.38. The van der Waals surface area contributed by atoms with Gasteiger partial charge >= 0.3 is 0 Å². The van der Waals surface area contributed by atoms with Gasteiger partial charge in [-0.3, -0.25) is 10.1 Å². The van der Waals surface area contributed by atoms with Crippen molar-refractivity contribution in [3.63, 3.8) is 0 Å². The summed E-state index contributed by atoms with van der Waals surface area (Å²) in [4.78, 5) is 10.9. The first-order valence-corrected chi connectivity index (χ1v) is 10.6. The van der Waals surface area contributed by atoms with E-state index >= 15 is 0 Å². The van der Waals surface area contributed by atoms with Gasteiger partial charge in [-0.1, -0.05) is 59.1 Å². The van der Waals surface area contributed by atoms with Crippen LogP contribution >= 0.6 is 34.8 Å². The van der Waals surface area contributed by atoms with Crippen molar-refractivity contribution in [2.24, 2.45) is 5.10 Å². The molecule has 0 unspecified atom stereocenters. The van der Waals surface area contributed by atoms with Crippen LogP contribution in [0.5, 0.6) is 5.75 Å². The molecule has 0 saturated carbocycles. The summed E-state index contributed by atoms with van der Waals surface area (Å²) < 4.78 is 6.24. The van der Waals surface area contributed by atoms with E-state index in [9.17, 15) is 10.1 Å². The highest BCUT2D eigenvalue weighted by Gasteiger charge is 2.42. The van der Waals surface area contributed by atoms with E-state index in [-0.39, 0.29) is 11.7 Å². The van der Waals surface area contributed by atoms with Crippen molar-refractivity contribution in [3.05, 3.63) is 103 Å². The Hall–Kier alpha value is -2.80. The number of halogens is 3. The number of hydrogen-bond acceptors (Lipinski definition) is 5. The Labute approximate surface area is 192 Å². The minimum absolute atomic E-state index is 0.0215. The van der Waals surface area contributed by atoms with Crippen LogP contribution in [0.2, 0.25) is 15.1 Å². The van der Waals surface area contributed by atoms with Gasteiger partial charge in [0.15, 0.2) is 0 Å². The van der Waals surface area contributed by atoms with E-state index < -0.39 is 11.2 Å². The molecule has 0 radical (unpaired) electrons. The lowest BCUT2D eigenvalue weighted by molar-refractivity contribution is -0.385. The molecule has 0 saturated heterocycles. The van der Waals surface area contributed by atoms with E-state index in [1.54, 1.807) is 18.2 Å². The van der Waals surface area contributed by atoms with Gasteiger partial charge in [0.05, 0.1) is 21.7 Å². The van der Waals surface area contributed by atoms with E-state index in [0.29, 0.717) is 32.8 Å². The molecular weight excluding hydrogens is 461 g/mol. The fourth-order valence-corrected chi connectivity index (χ4v) is 4.62. The van der Waals surface area contributed by atoms with Gasteiger partial charge in [-0.2, -0.15) is 5.10 Å². The average Bonchev–Trinajstić information content (AvgIpc) is 3.19. The van der Waals surface area contributed by atoms with Crippen molar-refractivity contribution < 1.29 is 9.66 Å². The minimum Gasteiger partial charge on any atom is -0.463 e. The number of hydrogen-bond donors (Lipinski definition) is 0. The van der Waals surface area contributed by atoms with Crippen LogP contribution in [0.4, 0.5) is 5.69 Å². The second-order valence-electron chi connectivity index (χ2n) is 7.28. The number of non-ortho nitro benzene ring substituents is 1. The monoisotopic (exact) mass is 473 g/mol. The maximum absolute atomic E-state index is 11.3. The Bertz CT molecular complexity index is 1230. The summed E-state index contributed by atoms with van der Waals surface area (Å²) in [7, 11) is 0. The Morgan fingerprint density at radius 2 is 1.81 bits per heavy atom. The fourth-order valence-electron chi connectivity index (χ4n) is 3.94. The van der Waals surface area contributed by atoms with Crippen LogP contribution in [0.3, 0.4) is 0 Å². The van der Waals surface area contributed by atoms with Crippen molar-refractivity contribution in [1.29, 1.82) is 0 Å².